The van der Waals surface area contributed by atoms with E-state index in [2.05, 4.69) is 27.7 Å². The van der Waals surface area contributed by atoms with Gasteiger partial charge >= 0.3 is 0 Å². The average Bonchev–Trinajstić information content (AvgIpc) is 2.51. The van der Waals surface area contributed by atoms with Gasteiger partial charge in [0, 0.05) is 11.8 Å². The topological polar surface area (TPSA) is 18.5 Å². The molecule has 76 valence electrons. The Morgan fingerprint density at radius 2 is 1.62 bits per heavy atom. The minimum absolute atomic E-state index is 0.309. The highest BCUT2D eigenvalue weighted by molar-refractivity contribution is 4.96. The normalized spacial score (nSPS) is 45.2. The molecule has 0 radical (unpaired) electrons. The van der Waals surface area contributed by atoms with Crippen molar-refractivity contribution in [2.75, 3.05) is 13.2 Å². The number of hydrogen-bond acceptors (Lipinski definition) is 2. The van der Waals surface area contributed by atoms with Crippen molar-refractivity contribution in [3.63, 3.8) is 0 Å². The van der Waals surface area contributed by atoms with E-state index in [9.17, 15) is 0 Å². The molecule has 2 heterocycles. The summed E-state index contributed by atoms with van der Waals surface area (Å²) in [5, 5.41) is 0. The van der Waals surface area contributed by atoms with Gasteiger partial charge in [-0.25, -0.2) is 0 Å². The lowest BCUT2D eigenvalue weighted by Crippen LogP contribution is -2.33. The monoisotopic (exact) mass is 184 g/mol. The summed E-state index contributed by atoms with van der Waals surface area (Å²) in [4.78, 5) is 0. The van der Waals surface area contributed by atoms with Crippen molar-refractivity contribution in [3.8, 4) is 0 Å². The van der Waals surface area contributed by atoms with Crippen molar-refractivity contribution >= 4 is 0 Å². The van der Waals surface area contributed by atoms with Gasteiger partial charge in [0.1, 0.15) is 0 Å². The van der Waals surface area contributed by atoms with Gasteiger partial charge in [-0.05, 0) is 5.41 Å². The van der Waals surface area contributed by atoms with E-state index in [-0.39, 0.29) is 0 Å². The van der Waals surface area contributed by atoms with Crippen molar-refractivity contribution in [2.24, 2.45) is 17.3 Å². The van der Waals surface area contributed by atoms with Crippen molar-refractivity contribution in [1.82, 2.24) is 0 Å². The first-order valence-corrected chi connectivity index (χ1v) is 5.23. The number of rotatable bonds is 0. The second kappa shape index (κ2) is 2.96. The molecule has 0 aromatic carbocycles. The first kappa shape index (κ1) is 9.47. The lowest BCUT2D eigenvalue weighted by Gasteiger charge is -2.29. The Bertz CT molecular complexity index is 195. The third-order valence-corrected chi connectivity index (χ3v) is 3.41. The van der Waals surface area contributed by atoms with E-state index >= 15 is 0 Å². The third kappa shape index (κ3) is 1.50. The molecule has 13 heavy (non-hydrogen) atoms. The molecule has 0 N–H and O–H groups in total. The van der Waals surface area contributed by atoms with Gasteiger partial charge < -0.3 is 9.47 Å². The van der Waals surface area contributed by atoms with Gasteiger partial charge in [-0.3, -0.25) is 0 Å². The molecule has 2 unspecified atom stereocenters. The SMILES string of the molecule is C[C@H]1COC2C1OC[C@H]2C(C)(C)C. The van der Waals surface area contributed by atoms with Crippen LogP contribution in [0.5, 0.6) is 0 Å². The average molecular weight is 184 g/mol. The van der Waals surface area contributed by atoms with Crippen LogP contribution in [0.3, 0.4) is 0 Å². The Kier molecular flexibility index (Phi) is 2.16. The highest BCUT2D eigenvalue weighted by Crippen LogP contribution is 2.42. The van der Waals surface area contributed by atoms with E-state index in [1.54, 1.807) is 0 Å². The zero-order chi connectivity index (χ0) is 9.64. The van der Waals surface area contributed by atoms with Crippen LogP contribution >= 0.6 is 0 Å². The van der Waals surface area contributed by atoms with Gasteiger partial charge in [0.05, 0.1) is 25.4 Å². The minimum atomic E-state index is 0.309. The molecule has 0 saturated carbocycles. The largest absolute Gasteiger partial charge is 0.375 e. The van der Waals surface area contributed by atoms with Gasteiger partial charge in [0.2, 0.25) is 0 Å². The molecule has 0 aromatic rings. The third-order valence-electron chi connectivity index (χ3n) is 3.41. The summed E-state index contributed by atoms with van der Waals surface area (Å²) in [5.74, 6) is 1.15. The van der Waals surface area contributed by atoms with E-state index in [0.29, 0.717) is 29.5 Å². The van der Waals surface area contributed by atoms with Gasteiger partial charge in [-0.1, -0.05) is 27.7 Å². The van der Waals surface area contributed by atoms with Gasteiger partial charge in [-0.15, -0.1) is 0 Å². The standard InChI is InChI=1S/C11H20O2/c1-7-5-12-10-8(11(2,3)4)6-13-9(7)10/h7-10H,5-6H2,1-4H3/t7-,8+,9?,10?/m0/s1. The quantitative estimate of drug-likeness (QED) is 0.574. The summed E-state index contributed by atoms with van der Waals surface area (Å²) >= 11 is 0. The summed E-state index contributed by atoms with van der Waals surface area (Å²) in [6.45, 7) is 10.8. The molecular formula is C11H20O2. The van der Waals surface area contributed by atoms with Crippen LogP contribution in [0.1, 0.15) is 27.7 Å². The fraction of sp³-hybridized carbons (Fsp3) is 1.00. The van der Waals surface area contributed by atoms with E-state index < -0.39 is 0 Å². The smallest absolute Gasteiger partial charge is 0.0895 e. The molecule has 4 atom stereocenters. The second-order valence-electron chi connectivity index (χ2n) is 5.55. The van der Waals surface area contributed by atoms with E-state index in [4.69, 9.17) is 9.47 Å². The molecule has 2 nitrogen and oxygen atoms in total. The Morgan fingerprint density at radius 3 is 2.23 bits per heavy atom. The summed E-state index contributed by atoms with van der Waals surface area (Å²) in [6.07, 6.45) is 0.722. The molecular weight excluding hydrogens is 164 g/mol. The molecule has 0 amide bonds. The van der Waals surface area contributed by atoms with Crippen molar-refractivity contribution < 1.29 is 9.47 Å². The Balaban J connectivity index is 2.11. The zero-order valence-electron chi connectivity index (χ0n) is 9.04. The molecule has 0 aromatic heterocycles. The molecule has 2 saturated heterocycles. The summed E-state index contributed by atoms with van der Waals surface area (Å²) in [7, 11) is 0. The number of ether oxygens (including phenoxy) is 2. The maximum absolute atomic E-state index is 5.80. The van der Waals surface area contributed by atoms with E-state index in [0.717, 1.165) is 13.2 Å². The maximum Gasteiger partial charge on any atom is 0.0895 e. The molecule has 2 aliphatic rings. The predicted octanol–water partition coefficient (Wildman–Crippen LogP) is 2.08. The van der Waals surface area contributed by atoms with Crippen LogP contribution < -0.4 is 0 Å². The van der Waals surface area contributed by atoms with E-state index in [1.165, 1.54) is 0 Å². The molecule has 2 heteroatoms. The lowest BCUT2D eigenvalue weighted by atomic mass is 9.77. The van der Waals surface area contributed by atoms with Crippen LogP contribution in [0.4, 0.5) is 0 Å². The fourth-order valence-corrected chi connectivity index (χ4v) is 2.43. The number of hydrogen-bond donors (Lipinski definition) is 0. The second-order valence-corrected chi connectivity index (χ2v) is 5.55. The minimum Gasteiger partial charge on any atom is -0.375 e. The molecule has 2 fully saturated rings. The highest BCUT2D eigenvalue weighted by atomic mass is 16.6. The Morgan fingerprint density at radius 1 is 1.00 bits per heavy atom. The molecule has 0 bridgehead atoms. The van der Waals surface area contributed by atoms with Crippen LogP contribution in [-0.2, 0) is 9.47 Å². The summed E-state index contributed by atoms with van der Waals surface area (Å²) < 4.78 is 11.6. The van der Waals surface area contributed by atoms with Crippen LogP contribution in [-0.4, -0.2) is 25.4 Å². The van der Waals surface area contributed by atoms with E-state index in [1.807, 2.05) is 0 Å². The van der Waals surface area contributed by atoms with Crippen LogP contribution in [0.15, 0.2) is 0 Å². The molecule has 2 rings (SSSR count). The van der Waals surface area contributed by atoms with Gasteiger partial charge in [0.15, 0.2) is 0 Å². The highest BCUT2D eigenvalue weighted by Gasteiger charge is 2.49. The number of fused-ring (bicyclic) bond motifs is 1. The fourth-order valence-electron chi connectivity index (χ4n) is 2.43. The van der Waals surface area contributed by atoms with Crippen molar-refractivity contribution in [2.45, 2.75) is 39.9 Å². The lowest BCUT2D eigenvalue weighted by molar-refractivity contribution is 0.0338. The first-order valence-electron chi connectivity index (χ1n) is 5.23. The first-order chi connectivity index (χ1) is 6.00. The summed E-state index contributed by atoms with van der Waals surface area (Å²) in [6, 6.07) is 0. The summed E-state index contributed by atoms with van der Waals surface area (Å²) in [5.41, 5.74) is 0.309. The predicted molar refractivity (Wildman–Crippen MR) is 51.6 cm³/mol. The molecule has 0 aliphatic carbocycles. The Hall–Kier alpha value is -0.0800. The van der Waals surface area contributed by atoms with Crippen LogP contribution in [0.25, 0.3) is 0 Å². The zero-order valence-corrected chi connectivity index (χ0v) is 9.04. The van der Waals surface area contributed by atoms with Gasteiger partial charge in [-0.2, -0.15) is 0 Å². The maximum atomic E-state index is 5.80. The molecule has 2 aliphatic heterocycles. The molecule has 0 spiro atoms. The van der Waals surface area contributed by atoms with Gasteiger partial charge in [0.25, 0.3) is 0 Å². The van der Waals surface area contributed by atoms with Crippen LogP contribution in [0, 0.1) is 17.3 Å². The Labute approximate surface area is 80.6 Å². The van der Waals surface area contributed by atoms with Crippen molar-refractivity contribution in [1.29, 1.82) is 0 Å². The van der Waals surface area contributed by atoms with Crippen molar-refractivity contribution in [3.05, 3.63) is 0 Å². The van der Waals surface area contributed by atoms with Crippen LogP contribution in [0.2, 0.25) is 0 Å².